The summed E-state index contributed by atoms with van der Waals surface area (Å²) < 4.78 is 7.36. The zero-order valence-corrected chi connectivity index (χ0v) is 14.9. The maximum Gasteiger partial charge on any atom is 0.178 e. The minimum Gasteiger partial charge on any atom is -0.389 e. The third-order valence-electron chi connectivity index (χ3n) is 3.70. The number of hydrogen-bond donors (Lipinski definition) is 1. The van der Waals surface area contributed by atoms with Crippen LogP contribution in [0.1, 0.15) is 48.6 Å². The summed E-state index contributed by atoms with van der Waals surface area (Å²) in [6.45, 7) is 10.9. The second-order valence-corrected chi connectivity index (χ2v) is 6.87. The van der Waals surface area contributed by atoms with Crippen molar-refractivity contribution in [3.8, 4) is 0 Å². The lowest BCUT2D eigenvalue weighted by Gasteiger charge is -2.24. The van der Waals surface area contributed by atoms with Crippen LogP contribution in [-0.4, -0.2) is 59.8 Å². The first-order valence-electron chi connectivity index (χ1n) is 7.68. The number of Topliss-reactive ketones (excluding diaryl/α,β-unsaturated/α-hetero) is 1. The molecule has 0 bridgehead atoms. The van der Waals surface area contributed by atoms with E-state index in [1.54, 1.807) is 21.0 Å². The third kappa shape index (κ3) is 4.93. The fraction of sp³-hybridized carbons (Fsp3) is 0.706. The van der Waals surface area contributed by atoms with Crippen LogP contribution < -0.4 is 0 Å². The van der Waals surface area contributed by atoms with E-state index in [4.69, 9.17) is 4.74 Å². The van der Waals surface area contributed by atoms with Crippen LogP contribution in [0.4, 0.5) is 0 Å². The number of nitrogens with zero attached hydrogens (tertiary/aromatic N) is 2. The molecule has 0 amide bonds. The Morgan fingerprint density at radius 3 is 2.55 bits per heavy atom. The molecule has 1 aromatic heterocycles. The monoisotopic (exact) mass is 310 g/mol. The van der Waals surface area contributed by atoms with Crippen LogP contribution in [0.25, 0.3) is 0 Å². The van der Waals surface area contributed by atoms with Crippen molar-refractivity contribution in [3.05, 3.63) is 23.0 Å². The normalized spacial score (nSPS) is 13.7. The average Bonchev–Trinajstić information content (AvgIpc) is 2.62. The molecule has 126 valence electrons. The van der Waals surface area contributed by atoms with Gasteiger partial charge in [-0.1, -0.05) is 0 Å². The van der Waals surface area contributed by atoms with Gasteiger partial charge in [-0.2, -0.15) is 0 Å². The van der Waals surface area contributed by atoms with Gasteiger partial charge in [0.25, 0.3) is 0 Å². The highest BCUT2D eigenvalue weighted by molar-refractivity contribution is 5.99. The summed E-state index contributed by atoms with van der Waals surface area (Å²) in [5, 5.41) is 9.84. The van der Waals surface area contributed by atoms with Gasteiger partial charge in [0.2, 0.25) is 0 Å². The predicted octanol–water partition coefficient (Wildman–Crippen LogP) is 2.20. The molecule has 1 aromatic rings. The molecule has 0 aliphatic heterocycles. The number of ketones is 1. The summed E-state index contributed by atoms with van der Waals surface area (Å²) in [6, 6.07) is 2.14. The predicted molar refractivity (Wildman–Crippen MR) is 88.6 cm³/mol. The number of aryl methyl sites for hydroxylation is 1. The van der Waals surface area contributed by atoms with Crippen LogP contribution in [0, 0.1) is 13.8 Å². The molecule has 1 rings (SSSR count). The van der Waals surface area contributed by atoms with E-state index >= 15 is 0 Å². The number of rotatable bonds is 8. The second kappa shape index (κ2) is 7.40. The molecule has 1 atom stereocenters. The molecule has 1 N–H and O–H groups in total. The Balaban J connectivity index is 2.89. The molecule has 5 nitrogen and oxygen atoms in total. The molecule has 0 aromatic carbocycles. The van der Waals surface area contributed by atoms with E-state index in [1.807, 2.05) is 31.9 Å². The van der Waals surface area contributed by atoms with E-state index in [2.05, 4.69) is 11.5 Å². The maximum absolute atomic E-state index is 12.5. The molecule has 0 aliphatic rings. The van der Waals surface area contributed by atoms with E-state index < -0.39 is 5.60 Å². The molecule has 0 saturated carbocycles. The smallest absolute Gasteiger partial charge is 0.178 e. The van der Waals surface area contributed by atoms with Crippen molar-refractivity contribution in [2.45, 2.75) is 46.3 Å². The van der Waals surface area contributed by atoms with Crippen LogP contribution in [-0.2, 0) is 4.74 Å². The topological polar surface area (TPSA) is 54.7 Å². The fourth-order valence-corrected chi connectivity index (χ4v) is 3.10. The van der Waals surface area contributed by atoms with Crippen LogP contribution in [0.5, 0.6) is 0 Å². The zero-order valence-electron chi connectivity index (χ0n) is 14.9. The van der Waals surface area contributed by atoms with Gasteiger partial charge < -0.3 is 14.4 Å². The Morgan fingerprint density at radius 1 is 1.45 bits per heavy atom. The summed E-state index contributed by atoms with van der Waals surface area (Å²) >= 11 is 0. The highest BCUT2D eigenvalue weighted by Crippen LogP contribution is 2.21. The second-order valence-electron chi connectivity index (χ2n) is 6.87. The van der Waals surface area contributed by atoms with Crippen LogP contribution in [0.2, 0.25) is 0 Å². The molecule has 0 aliphatic carbocycles. The number of hydrogen-bond acceptors (Lipinski definition) is 4. The van der Waals surface area contributed by atoms with Gasteiger partial charge in [0.1, 0.15) is 0 Å². The van der Waals surface area contributed by atoms with Crippen molar-refractivity contribution in [3.63, 3.8) is 0 Å². The lowest BCUT2D eigenvalue weighted by Crippen LogP contribution is -2.38. The van der Waals surface area contributed by atoms with E-state index in [9.17, 15) is 9.90 Å². The Labute approximate surface area is 133 Å². The Kier molecular flexibility index (Phi) is 6.35. The maximum atomic E-state index is 12.5. The molecule has 1 unspecified atom stereocenters. The molecular weight excluding hydrogens is 280 g/mol. The molecule has 0 fully saturated rings. The number of likely N-dealkylation sites (N-methyl/N-ethyl adjacent to an activating group) is 1. The number of carbonyl (C=O) groups is 1. The lowest BCUT2D eigenvalue weighted by atomic mass is 10.1. The van der Waals surface area contributed by atoms with Crippen molar-refractivity contribution in [2.75, 3.05) is 33.9 Å². The fourth-order valence-electron chi connectivity index (χ4n) is 3.10. The summed E-state index contributed by atoms with van der Waals surface area (Å²) in [4.78, 5) is 14.4. The molecular formula is C17H30N2O3. The van der Waals surface area contributed by atoms with E-state index in [-0.39, 0.29) is 11.8 Å². The van der Waals surface area contributed by atoms with Gasteiger partial charge in [0.05, 0.1) is 24.8 Å². The third-order valence-corrected chi connectivity index (χ3v) is 3.70. The standard InChI is InChI=1S/C17H30N2O3/c1-12-8-15(14(3)19(12)13(2)10-22-7)16(20)9-18(6)11-17(4,5)21/h8,13,21H,9-11H2,1-7H3. The Hall–Kier alpha value is -1.17. The highest BCUT2D eigenvalue weighted by Gasteiger charge is 2.22. The first-order chi connectivity index (χ1) is 10.1. The number of ether oxygens (including phenoxy) is 1. The van der Waals surface area contributed by atoms with Gasteiger partial charge in [-0.15, -0.1) is 0 Å². The van der Waals surface area contributed by atoms with E-state index in [1.165, 1.54) is 0 Å². The number of aliphatic hydroxyl groups is 1. The SMILES string of the molecule is COCC(C)n1c(C)cc(C(=O)CN(C)CC(C)(C)O)c1C. The first kappa shape index (κ1) is 18.9. The largest absolute Gasteiger partial charge is 0.389 e. The molecule has 0 radical (unpaired) electrons. The summed E-state index contributed by atoms with van der Waals surface area (Å²) in [5.41, 5.74) is 1.99. The summed E-state index contributed by atoms with van der Waals surface area (Å²) in [6.07, 6.45) is 0. The van der Waals surface area contributed by atoms with E-state index in [0.29, 0.717) is 19.7 Å². The van der Waals surface area contributed by atoms with Gasteiger partial charge in [-0.05, 0) is 47.7 Å². The lowest BCUT2D eigenvalue weighted by molar-refractivity contribution is 0.0439. The summed E-state index contributed by atoms with van der Waals surface area (Å²) in [7, 11) is 3.53. The van der Waals surface area contributed by atoms with Crippen molar-refractivity contribution < 1.29 is 14.6 Å². The number of carbonyl (C=O) groups excluding carboxylic acids is 1. The minimum atomic E-state index is -0.807. The Bertz CT molecular complexity index is 515. The number of methoxy groups -OCH3 is 1. The van der Waals surface area contributed by atoms with Gasteiger partial charge in [-0.3, -0.25) is 9.69 Å². The first-order valence-corrected chi connectivity index (χ1v) is 7.68. The van der Waals surface area contributed by atoms with Crippen molar-refractivity contribution in [2.24, 2.45) is 0 Å². The van der Waals surface area contributed by atoms with Crippen molar-refractivity contribution >= 4 is 5.78 Å². The average molecular weight is 310 g/mol. The minimum absolute atomic E-state index is 0.0794. The van der Waals surface area contributed by atoms with Crippen molar-refractivity contribution in [1.29, 1.82) is 0 Å². The number of aromatic nitrogens is 1. The molecule has 0 saturated heterocycles. The van der Waals surface area contributed by atoms with Gasteiger partial charge in [0, 0.05) is 30.6 Å². The van der Waals surface area contributed by atoms with Gasteiger partial charge in [0.15, 0.2) is 5.78 Å². The quantitative estimate of drug-likeness (QED) is 0.748. The van der Waals surface area contributed by atoms with Gasteiger partial charge >= 0.3 is 0 Å². The molecule has 22 heavy (non-hydrogen) atoms. The van der Waals surface area contributed by atoms with E-state index in [0.717, 1.165) is 17.0 Å². The molecule has 1 heterocycles. The van der Waals surface area contributed by atoms with Crippen LogP contribution in [0.15, 0.2) is 6.07 Å². The highest BCUT2D eigenvalue weighted by atomic mass is 16.5. The zero-order chi connectivity index (χ0) is 17.1. The van der Waals surface area contributed by atoms with Crippen LogP contribution >= 0.6 is 0 Å². The molecule has 5 heteroatoms. The van der Waals surface area contributed by atoms with Gasteiger partial charge in [-0.25, -0.2) is 0 Å². The summed E-state index contributed by atoms with van der Waals surface area (Å²) in [5.74, 6) is 0.0794. The van der Waals surface area contributed by atoms with Crippen LogP contribution in [0.3, 0.4) is 0 Å². The molecule has 0 spiro atoms. The Morgan fingerprint density at radius 2 is 2.05 bits per heavy atom. The van der Waals surface area contributed by atoms with Crippen molar-refractivity contribution in [1.82, 2.24) is 9.47 Å².